The Balaban J connectivity index is 1.42. The molecule has 0 aliphatic heterocycles. The van der Waals surface area contributed by atoms with E-state index in [1.54, 1.807) is 24.3 Å². The summed E-state index contributed by atoms with van der Waals surface area (Å²) in [5.74, 6) is -0.408. The van der Waals surface area contributed by atoms with Crippen molar-refractivity contribution in [1.82, 2.24) is 25.5 Å². The van der Waals surface area contributed by atoms with Crippen molar-refractivity contribution in [3.63, 3.8) is 0 Å². The van der Waals surface area contributed by atoms with Crippen LogP contribution in [0.2, 0.25) is 5.02 Å². The van der Waals surface area contributed by atoms with Gasteiger partial charge in [0.05, 0.1) is 6.54 Å². The Morgan fingerprint density at radius 3 is 2.55 bits per heavy atom. The highest BCUT2D eigenvalue weighted by atomic mass is 35.5. The number of halogens is 1. The Kier molecular flexibility index (Phi) is 6.50. The van der Waals surface area contributed by atoms with Gasteiger partial charge in [0.25, 0.3) is 11.8 Å². The van der Waals surface area contributed by atoms with Gasteiger partial charge in [-0.3, -0.25) is 14.9 Å². The first-order valence-electron chi connectivity index (χ1n) is 10.2. The maximum absolute atomic E-state index is 12.9. The van der Waals surface area contributed by atoms with Crippen molar-refractivity contribution < 1.29 is 9.59 Å². The van der Waals surface area contributed by atoms with Gasteiger partial charge in [0.2, 0.25) is 5.95 Å². The quantitative estimate of drug-likeness (QED) is 0.436. The number of nitrogens with one attached hydrogen (secondary N) is 2. The van der Waals surface area contributed by atoms with Crippen molar-refractivity contribution >= 4 is 45.8 Å². The molecule has 168 valence electrons. The first-order chi connectivity index (χ1) is 15.9. The van der Waals surface area contributed by atoms with E-state index < -0.39 is 0 Å². The normalized spacial score (nSPS) is 10.8. The van der Waals surface area contributed by atoms with Gasteiger partial charge in [0.1, 0.15) is 0 Å². The number of fused-ring (bicyclic) bond motifs is 1. The number of nitrogens with zero attached hydrogens (tertiary/aromatic N) is 5. The van der Waals surface area contributed by atoms with Crippen LogP contribution >= 0.6 is 11.6 Å². The van der Waals surface area contributed by atoms with E-state index in [4.69, 9.17) is 11.6 Å². The van der Waals surface area contributed by atoms with Gasteiger partial charge in [0.15, 0.2) is 0 Å². The summed E-state index contributed by atoms with van der Waals surface area (Å²) in [6.45, 7) is 0.547. The maximum Gasteiger partial charge on any atom is 0.258 e. The van der Waals surface area contributed by atoms with E-state index in [1.807, 2.05) is 55.4 Å². The molecule has 0 fully saturated rings. The maximum atomic E-state index is 12.9. The lowest BCUT2D eigenvalue weighted by Gasteiger charge is -2.17. The third-order valence-corrected chi connectivity index (χ3v) is 5.32. The van der Waals surface area contributed by atoms with Crippen LogP contribution in [0.4, 0.5) is 11.6 Å². The number of hydrogen-bond donors (Lipinski definition) is 2. The predicted molar refractivity (Wildman–Crippen MR) is 128 cm³/mol. The summed E-state index contributed by atoms with van der Waals surface area (Å²) in [7, 11) is 3.94. The zero-order chi connectivity index (χ0) is 23.4. The van der Waals surface area contributed by atoms with E-state index in [-0.39, 0.29) is 30.9 Å². The predicted octanol–water partition coefficient (Wildman–Crippen LogP) is 3.23. The molecule has 33 heavy (non-hydrogen) atoms. The first kappa shape index (κ1) is 22.2. The number of carbonyl (C=O) groups is 2. The minimum atomic E-state index is -0.384. The molecular weight excluding hydrogens is 442 g/mol. The average Bonchev–Trinajstić information content (AvgIpc) is 3.24. The number of tetrazole rings is 1. The Morgan fingerprint density at radius 2 is 1.79 bits per heavy atom. The molecule has 2 N–H and O–H groups in total. The molecule has 0 unspecified atom stereocenters. The SMILES string of the molecule is CN(C)c1ccc(C(=O)NCCn2nnnc2NC(=O)c2cccc(Cl)c2)c2ccccc12. The van der Waals surface area contributed by atoms with Crippen molar-refractivity contribution in [3.8, 4) is 0 Å². The highest BCUT2D eigenvalue weighted by molar-refractivity contribution is 6.31. The lowest BCUT2D eigenvalue weighted by Crippen LogP contribution is -2.28. The summed E-state index contributed by atoms with van der Waals surface area (Å²) in [6.07, 6.45) is 0. The fourth-order valence-corrected chi connectivity index (χ4v) is 3.68. The zero-order valence-corrected chi connectivity index (χ0v) is 18.9. The topological polar surface area (TPSA) is 105 Å². The summed E-state index contributed by atoms with van der Waals surface area (Å²) in [4.78, 5) is 27.3. The van der Waals surface area contributed by atoms with Gasteiger partial charge in [-0.05, 0) is 46.1 Å². The van der Waals surface area contributed by atoms with Crippen molar-refractivity contribution in [1.29, 1.82) is 0 Å². The van der Waals surface area contributed by atoms with Gasteiger partial charge < -0.3 is 10.2 Å². The van der Waals surface area contributed by atoms with Crippen LogP contribution in [-0.2, 0) is 6.54 Å². The highest BCUT2D eigenvalue weighted by Gasteiger charge is 2.15. The van der Waals surface area contributed by atoms with Crippen LogP contribution in [0, 0.1) is 0 Å². The lowest BCUT2D eigenvalue weighted by molar-refractivity contribution is 0.0952. The number of benzene rings is 3. The van der Waals surface area contributed by atoms with E-state index in [0.29, 0.717) is 16.1 Å². The van der Waals surface area contributed by atoms with Gasteiger partial charge in [-0.15, -0.1) is 0 Å². The fraction of sp³-hybridized carbons (Fsp3) is 0.174. The number of amides is 2. The third-order valence-electron chi connectivity index (χ3n) is 5.08. The number of hydrogen-bond acceptors (Lipinski definition) is 6. The molecule has 0 spiro atoms. The number of aromatic nitrogens is 4. The summed E-state index contributed by atoms with van der Waals surface area (Å²) < 4.78 is 1.41. The van der Waals surface area contributed by atoms with E-state index in [0.717, 1.165) is 16.5 Å². The smallest absolute Gasteiger partial charge is 0.258 e. The van der Waals surface area contributed by atoms with E-state index in [1.165, 1.54) is 4.68 Å². The van der Waals surface area contributed by atoms with Gasteiger partial charge in [0, 0.05) is 47.9 Å². The molecule has 0 bridgehead atoms. The lowest BCUT2D eigenvalue weighted by atomic mass is 10.0. The molecule has 1 heterocycles. The molecule has 0 aliphatic rings. The fourth-order valence-electron chi connectivity index (χ4n) is 3.49. The van der Waals surface area contributed by atoms with Crippen LogP contribution in [0.1, 0.15) is 20.7 Å². The Hall–Kier alpha value is -3.98. The van der Waals surface area contributed by atoms with Crippen LogP contribution in [0.5, 0.6) is 0 Å². The van der Waals surface area contributed by atoms with E-state index >= 15 is 0 Å². The Bertz CT molecular complexity index is 1320. The van der Waals surface area contributed by atoms with Gasteiger partial charge in [-0.25, -0.2) is 4.68 Å². The van der Waals surface area contributed by atoms with Crippen LogP contribution in [-0.4, -0.2) is 52.7 Å². The Labute approximate surface area is 195 Å². The van der Waals surface area contributed by atoms with Crippen LogP contribution < -0.4 is 15.5 Å². The number of rotatable bonds is 7. The van der Waals surface area contributed by atoms with Gasteiger partial charge in [-0.2, -0.15) is 0 Å². The minimum Gasteiger partial charge on any atom is -0.377 e. The zero-order valence-electron chi connectivity index (χ0n) is 18.1. The second-order valence-electron chi connectivity index (χ2n) is 7.52. The first-order valence-corrected chi connectivity index (χ1v) is 10.6. The van der Waals surface area contributed by atoms with Gasteiger partial charge in [-0.1, -0.05) is 47.0 Å². The largest absolute Gasteiger partial charge is 0.377 e. The van der Waals surface area contributed by atoms with Crippen molar-refractivity contribution in [2.75, 3.05) is 30.9 Å². The molecule has 0 saturated heterocycles. The summed E-state index contributed by atoms with van der Waals surface area (Å²) in [5.41, 5.74) is 2.01. The molecule has 0 saturated carbocycles. The van der Waals surface area contributed by atoms with Crippen molar-refractivity contribution in [2.45, 2.75) is 6.54 Å². The number of anilines is 2. The molecular formula is C23H22ClN7O2. The van der Waals surface area contributed by atoms with Crippen LogP contribution in [0.3, 0.4) is 0 Å². The molecule has 9 nitrogen and oxygen atoms in total. The molecule has 4 rings (SSSR count). The molecule has 2 amide bonds. The second-order valence-corrected chi connectivity index (χ2v) is 7.95. The van der Waals surface area contributed by atoms with E-state index in [2.05, 4.69) is 26.2 Å². The summed E-state index contributed by atoms with van der Waals surface area (Å²) in [6, 6.07) is 18.1. The molecule has 3 aromatic carbocycles. The molecule has 0 atom stereocenters. The van der Waals surface area contributed by atoms with Crippen molar-refractivity contribution in [3.05, 3.63) is 76.8 Å². The molecule has 10 heteroatoms. The number of carbonyl (C=O) groups excluding carboxylic acids is 2. The highest BCUT2D eigenvalue weighted by Crippen LogP contribution is 2.28. The molecule has 0 radical (unpaired) electrons. The van der Waals surface area contributed by atoms with E-state index in [9.17, 15) is 9.59 Å². The monoisotopic (exact) mass is 463 g/mol. The summed E-state index contributed by atoms with van der Waals surface area (Å²) in [5, 5.41) is 19.2. The molecule has 4 aromatic rings. The van der Waals surface area contributed by atoms with Gasteiger partial charge >= 0.3 is 0 Å². The summed E-state index contributed by atoms with van der Waals surface area (Å²) >= 11 is 5.94. The standard InChI is InChI=1S/C23H22ClN7O2/c1-30(2)20-11-10-19(17-8-3-4-9-18(17)20)22(33)25-12-13-31-23(27-28-29-31)26-21(32)15-6-5-7-16(24)14-15/h3-11,14H,12-13H2,1-2H3,(H,25,33)(H,26,27,29,32). The van der Waals surface area contributed by atoms with Crippen LogP contribution in [0.25, 0.3) is 10.8 Å². The minimum absolute atomic E-state index is 0.176. The molecule has 1 aromatic heterocycles. The van der Waals surface area contributed by atoms with Crippen LogP contribution in [0.15, 0.2) is 60.7 Å². The average molecular weight is 464 g/mol. The Morgan fingerprint density at radius 1 is 1.00 bits per heavy atom. The third kappa shape index (κ3) is 4.93. The second kappa shape index (κ2) is 9.66. The van der Waals surface area contributed by atoms with Crippen molar-refractivity contribution in [2.24, 2.45) is 0 Å². The molecule has 0 aliphatic carbocycles.